The van der Waals surface area contributed by atoms with Crippen molar-refractivity contribution < 1.29 is 19.1 Å². The molecule has 5 heteroatoms. The Morgan fingerprint density at radius 2 is 1.78 bits per heavy atom. The molecule has 1 unspecified atom stereocenters. The monoisotopic (exact) mass is 253 g/mol. The van der Waals surface area contributed by atoms with E-state index in [-0.39, 0.29) is 28.9 Å². The molecule has 1 heterocycles. The van der Waals surface area contributed by atoms with Crippen LogP contribution in [0.3, 0.4) is 0 Å². The maximum Gasteiger partial charge on any atom is 0.371 e. The summed E-state index contributed by atoms with van der Waals surface area (Å²) in [5.41, 5.74) is -0.0629. The number of aromatic carboxylic acids is 1. The fourth-order valence-electron chi connectivity index (χ4n) is 1.50. The summed E-state index contributed by atoms with van der Waals surface area (Å²) in [6.07, 6.45) is 0. The number of carboxylic acids is 1. The molecule has 18 heavy (non-hydrogen) atoms. The molecule has 0 bridgehead atoms. The number of rotatable bonds is 3. The van der Waals surface area contributed by atoms with Crippen LogP contribution >= 0.6 is 0 Å². The fourth-order valence-corrected chi connectivity index (χ4v) is 1.50. The Morgan fingerprint density at radius 3 is 2.17 bits per heavy atom. The van der Waals surface area contributed by atoms with Crippen molar-refractivity contribution in [3.05, 3.63) is 23.7 Å². The first kappa shape index (κ1) is 14.3. The van der Waals surface area contributed by atoms with Gasteiger partial charge in [-0.3, -0.25) is 4.79 Å². The van der Waals surface area contributed by atoms with E-state index < -0.39 is 5.97 Å². The third kappa shape index (κ3) is 2.91. The zero-order valence-corrected chi connectivity index (χ0v) is 11.4. The lowest BCUT2D eigenvalue weighted by atomic mass is 9.87. The lowest BCUT2D eigenvalue weighted by Crippen LogP contribution is -2.42. The maximum absolute atomic E-state index is 12.1. The Kier molecular flexibility index (Phi) is 3.84. The number of carboxylic acid groups (broad SMARTS) is 1. The van der Waals surface area contributed by atoms with Crippen molar-refractivity contribution in [2.45, 2.75) is 33.7 Å². The van der Waals surface area contributed by atoms with Gasteiger partial charge in [-0.05, 0) is 24.5 Å². The Hall–Kier alpha value is -1.78. The van der Waals surface area contributed by atoms with Gasteiger partial charge >= 0.3 is 5.97 Å². The van der Waals surface area contributed by atoms with Gasteiger partial charge in [-0.25, -0.2) is 4.79 Å². The average Bonchev–Trinajstić information content (AvgIpc) is 2.74. The van der Waals surface area contributed by atoms with E-state index in [4.69, 9.17) is 9.52 Å². The van der Waals surface area contributed by atoms with E-state index in [9.17, 15) is 9.59 Å². The highest BCUT2D eigenvalue weighted by Gasteiger charge is 2.29. The molecule has 1 atom stereocenters. The average molecular weight is 253 g/mol. The molecule has 0 saturated heterocycles. The highest BCUT2D eigenvalue weighted by Crippen LogP contribution is 2.24. The van der Waals surface area contributed by atoms with Crippen LogP contribution in [0.15, 0.2) is 16.5 Å². The lowest BCUT2D eigenvalue weighted by Gasteiger charge is -2.34. The van der Waals surface area contributed by atoms with Crippen molar-refractivity contribution in [2.24, 2.45) is 5.41 Å². The minimum absolute atomic E-state index is 0.00313. The van der Waals surface area contributed by atoms with Crippen LogP contribution in [-0.2, 0) is 0 Å². The molecule has 0 aliphatic heterocycles. The van der Waals surface area contributed by atoms with Gasteiger partial charge in [-0.15, -0.1) is 0 Å². The summed E-state index contributed by atoms with van der Waals surface area (Å²) < 4.78 is 5.00. The summed E-state index contributed by atoms with van der Waals surface area (Å²) >= 11 is 0. The van der Waals surface area contributed by atoms with Crippen LogP contribution in [0.2, 0.25) is 0 Å². The molecule has 100 valence electrons. The molecule has 1 aromatic rings. The first-order chi connectivity index (χ1) is 8.14. The molecule has 1 amide bonds. The van der Waals surface area contributed by atoms with E-state index in [0.717, 1.165) is 0 Å². The van der Waals surface area contributed by atoms with Crippen molar-refractivity contribution in [1.82, 2.24) is 4.90 Å². The van der Waals surface area contributed by atoms with Crippen LogP contribution in [0.25, 0.3) is 0 Å². The summed E-state index contributed by atoms with van der Waals surface area (Å²) in [6.45, 7) is 8.05. The van der Waals surface area contributed by atoms with Crippen molar-refractivity contribution in [1.29, 1.82) is 0 Å². The van der Waals surface area contributed by atoms with Crippen LogP contribution in [-0.4, -0.2) is 35.0 Å². The molecule has 0 fully saturated rings. The second kappa shape index (κ2) is 4.84. The van der Waals surface area contributed by atoms with Gasteiger partial charge in [-0.1, -0.05) is 20.8 Å². The third-order valence-corrected chi connectivity index (χ3v) is 3.18. The minimum Gasteiger partial charge on any atom is -0.475 e. The van der Waals surface area contributed by atoms with Crippen LogP contribution < -0.4 is 0 Å². The molecule has 1 N–H and O–H groups in total. The molecule has 1 rings (SSSR count). The molecule has 0 saturated carbocycles. The van der Waals surface area contributed by atoms with E-state index in [2.05, 4.69) is 0 Å². The smallest absolute Gasteiger partial charge is 0.371 e. The number of hydrogen-bond donors (Lipinski definition) is 1. The van der Waals surface area contributed by atoms with E-state index >= 15 is 0 Å². The first-order valence-corrected chi connectivity index (χ1v) is 5.75. The van der Waals surface area contributed by atoms with E-state index in [1.165, 1.54) is 12.1 Å². The van der Waals surface area contributed by atoms with Gasteiger partial charge in [0, 0.05) is 13.1 Å². The van der Waals surface area contributed by atoms with Crippen LogP contribution in [0.1, 0.15) is 48.8 Å². The summed E-state index contributed by atoms with van der Waals surface area (Å²) in [5, 5.41) is 8.74. The quantitative estimate of drug-likeness (QED) is 0.898. The lowest BCUT2D eigenvalue weighted by molar-refractivity contribution is 0.0584. The molecular formula is C13H19NO4. The van der Waals surface area contributed by atoms with Crippen molar-refractivity contribution >= 4 is 11.9 Å². The summed E-state index contributed by atoms with van der Waals surface area (Å²) in [4.78, 5) is 24.3. The zero-order valence-electron chi connectivity index (χ0n) is 11.4. The second-order valence-corrected chi connectivity index (χ2v) is 5.43. The standard InChI is InChI=1S/C13H19NO4/c1-8(13(2,3)4)14(5)11(15)9-6-7-10(18-9)12(16)17/h6-8H,1-5H3,(H,16,17). The predicted molar refractivity (Wildman–Crippen MR) is 66.7 cm³/mol. The van der Waals surface area contributed by atoms with Gasteiger partial charge in [0.2, 0.25) is 5.76 Å². The summed E-state index contributed by atoms with van der Waals surface area (Å²) in [7, 11) is 1.68. The van der Waals surface area contributed by atoms with Gasteiger partial charge in [0.25, 0.3) is 5.91 Å². The number of carbonyl (C=O) groups is 2. The molecule has 0 spiro atoms. The largest absolute Gasteiger partial charge is 0.475 e. The molecule has 0 radical (unpaired) electrons. The number of nitrogens with zero attached hydrogens (tertiary/aromatic N) is 1. The normalized spacial score (nSPS) is 13.2. The number of amides is 1. The van der Waals surface area contributed by atoms with E-state index in [1.54, 1.807) is 11.9 Å². The van der Waals surface area contributed by atoms with Gasteiger partial charge in [-0.2, -0.15) is 0 Å². The van der Waals surface area contributed by atoms with Crippen LogP contribution in [0, 0.1) is 5.41 Å². The molecule has 0 aromatic carbocycles. The summed E-state index contributed by atoms with van der Waals surface area (Å²) in [5.74, 6) is -1.67. The summed E-state index contributed by atoms with van der Waals surface area (Å²) in [6, 6.07) is 2.67. The molecule has 1 aromatic heterocycles. The van der Waals surface area contributed by atoms with Crippen molar-refractivity contribution in [2.75, 3.05) is 7.05 Å². The molecule has 0 aliphatic carbocycles. The van der Waals surface area contributed by atoms with Crippen molar-refractivity contribution in [3.8, 4) is 0 Å². The number of carbonyl (C=O) groups excluding carboxylic acids is 1. The van der Waals surface area contributed by atoms with E-state index in [1.807, 2.05) is 27.7 Å². The molecule has 5 nitrogen and oxygen atoms in total. The van der Waals surface area contributed by atoms with Crippen molar-refractivity contribution in [3.63, 3.8) is 0 Å². The number of furan rings is 1. The predicted octanol–water partition coefficient (Wildman–Crippen LogP) is 2.48. The Bertz CT molecular complexity index is 456. The minimum atomic E-state index is -1.18. The molecule has 0 aliphatic rings. The topological polar surface area (TPSA) is 70.8 Å². The van der Waals surface area contributed by atoms with Gasteiger partial charge in [0.1, 0.15) is 0 Å². The van der Waals surface area contributed by atoms with Crippen LogP contribution in [0.4, 0.5) is 0 Å². The van der Waals surface area contributed by atoms with Gasteiger partial charge in [0.05, 0.1) is 0 Å². The Morgan fingerprint density at radius 1 is 1.28 bits per heavy atom. The third-order valence-electron chi connectivity index (χ3n) is 3.18. The van der Waals surface area contributed by atoms with Gasteiger partial charge < -0.3 is 14.4 Å². The highest BCUT2D eigenvalue weighted by molar-refractivity contribution is 5.93. The fraction of sp³-hybridized carbons (Fsp3) is 0.538. The first-order valence-electron chi connectivity index (χ1n) is 5.75. The maximum atomic E-state index is 12.1. The highest BCUT2D eigenvalue weighted by atomic mass is 16.4. The van der Waals surface area contributed by atoms with Gasteiger partial charge in [0.15, 0.2) is 5.76 Å². The SMILES string of the molecule is CC(N(C)C(=O)c1ccc(C(=O)O)o1)C(C)(C)C. The Balaban J connectivity index is 2.90. The Labute approximate surface area is 106 Å². The molecular weight excluding hydrogens is 234 g/mol. The second-order valence-electron chi connectivity index (χ2n) is 5.43. The zero-order chi connectivity index (χ0) is 14.1. The van der Waals surface area contributed by atoms with E-state index in [0.29, 0.717) is 0 Å². The van der Waals surface area contributed by atoms with Crippen LogP contribution in [0.5, 0.6) is 0 Å². The number of hydrogen-bond acceptors (Lipinski definition) is 3.